The maximum absolute atomic E-state index is 13.6. The van der Waals surface area contributed by atoms with Gasteiger partial charge in [-0.1, -0.05) is 44.2 Å². The molecule has 0 aliphatic carbocycles. The van der Waals surface area contributed by atoms with E-state index >= 15 is 0 Å². The second kappa shape index (κ2) is 15.3. The fourth-order valence-corrected chi connectivity index (χ4v) is 4.44. The number of carboxylic acids is 1. The molecule has 5 N–H and O–H groups in total. The van der Waals surface area contributed by atoms with Crippen molar-refractivity contribution in [2.75, 3.05) is 6.61 Å². The zero-order valence-corrected chi connectivity index (χ0v) is 24.4. The van der Waals surface area contributed by atoms with Crippen LogP contribution in [0.5, 0.6) is 0 Å². The van der Waals surface area contributed by atoms with Gasteiger partial charge < -0.3 is 27.2 Å². The normalized spacial score (nSPS) is 13.4. The zero-order valence-electron chi connectivity index (χ0n) is 23.4. The molecule has 1 unspecified atom stereocenters. The van der Waals surface area contributed by atoms with Crippen LogP contribution in [0, 0.1) is 5.82 Å². The minimum atomic E-state index is -1.19. The van der Waals surface area contributed by atoms with Gasteiger partial charge in [-0.3, -0.25) is 9.59 Å². The Labute approximate surface area is 250 Å². The molecule has 1 aromatic heterocycles. The van der Waals surface area contributed by atoms with Gasteiger partial charge in [0, 0.05) is 11.3 Å². The molecule has 0 bridgehead atoms. The van der Waals surface area contributed by atoms with Crippen molar-refractivity contribution in [1.29, 1.82) is 0 Å². The maximum atomic E-state index is 13.6. The quantitative estimate of drug-likeness (QED) is 0.191. The number of hydrogen-bond donors (Lipinski definition) is 5. The van der Waals surface area contributed by atoms with Crippen LogP contribution in [-0.2, 0) is 11.2 Å². The number of nitrogens with zero attached hydrogens (tertiary/aromatic N) is 2. The number of rotatable bonds is 13. The first kappa shape index (κ1) is 32.6. The number of nitrogens with one attached hydrogen (secondary N) is 1. The van der Waals surface area contributed by atoms with Gasteiger partial charge in [-0.05, 0) is 55.0 Å². The number of aliphatic hydroxyl groups excluding tert-OH is 3. The summed E-state index contributed by atoms with van der Waals surface area (Å²) in [7, 11) is 0. The Kier molecular flexibility index (Phi) is 12.8. The van der Waals surface area contributed by atoms with E-state index in [1.807, 2.05) is 32.0 Å². The van der Waals surface area contributed by atoms with E-state index in [1.165, 1.54) is 24.3 Å². The molecule has 3 aromatic rings. The molecule has 0 aliphatic heterocycles. The molecule has 0 fully saturated rings. The molecular formula is C28H35FN3NaO6. The van der Waals surface area contributed by atoms with Crippen molar-refractivity contribution in [1.82, 2.24) is 15.1 Å². The van der Waals surface area contributed by atoms with Crippen LogP contribution in [-0.4, -0.2) is 60.9 Å². The van der Waals surface area contributed by atoms with Crippen molar-refractivity contribution in [3.8, 4) is 5.69 Å². The van der Waals surface area contributed by atoms with E-state index in [9.17, 15) is 29.3 Å². The number of benzene rings is 2. The van der Waals surface area contributed by atoms with E-state index in [-0.39, 0.29) is 68.5 Å². The molecule has 39 heavy (non-hydrogen) atoms. The minimum Gasteiger partial charge on any atom is -1.00 e. The number of aliphatic hydroxyl groups is 3. The molecule has 11 heteroatoms. The van der Waals surface area contributed by atoms with E-state index < -0.39 is 42.4 Å². The number of aliphatic carboxylic acids is 1. The standard InChI is InChI=1S/C28H34FN3O6.Na.H/c1-17(2)26-24(13-12-21(34)14-22(35)15-25(36)37)32(20-10-8-19(29)9-11-20)31-27(26)28(38)30-23(16-33)18-6-4-3-5-7-18;;/h3-11,17,21-23,33-35H,12-16H2,1-2H3,(H,30,38)(H,36,37);;/q;+1;-1/t21-,22-,23?;;/m1../s1. The van der Waals surface area contributed by atoms with Gasteiger partial charge in [-0.15, -0.1) is 0 Å². The van der Waals surface area contributed by atoms with E-state index in [2.05, 4.69) is 10.4 Å². The first-order valence-electron chi connectivity index (χ1n) is 12.5. The van der Waals surface area contributed by atoms with E-state index in [0.717, 1.165) is 5.56 Å². The molecule has 9 nitrogen and oxygen atoms in total. The van der Waals surface area contributed by atoms with Crippen LogP contribution in [0.2, 0.25) is 0 Å². The summed E-state index contributed by atoms with van der Waals surface area (Å²) in [6.07, 6.45) is -2.34. The Balaban J connectivity index is 0.00000400. The Hall–Kier alpha value is -2.60. The summed E-state index contributed by atoms with van der Waals surface area (Å²) < 4.78 is 15.2. The van der Waals surface area contributed by atoms with Crippen molar-refractivity contribution in [3.05, 3.63) is 82.9 Å². The fraction of sp³-hybridized carbons (Fsp3) is 0.393. The third-order valence-corrected chi connectivity index (χ3v) is 6.24. The summed E-state index contributed by atoms with van der Waals surface area (Å²) in [5.41, 5.74) is 2.66. The molecular weight excluding hydrogens is 516 g/mol. The van der Waals surface area contributed by atoms with Gasteiger partial charge in [0.2, 0.25) is 0 Å². The summed E-state index contributed by atoms with van der Waals surface area (Å²) in [6, 6.07) is 14.0. The van der Waals surface area contributed by atoms with Crippen LogP contribution in [0.3, 0.4) is 0 Å². The summed E-state index contributed by atoms with van der Waals surface area (Å²) >= 11 is 0. The molecule has 0 aliphatic rings. The Morgan fingerprint density at radius 3 is 2.26 bits per heavy atom. The van der Waals surface area contributed by atoms with Crippen LogP contribution >= 0.6 is 0 Å². The largest absolute Gasteiger partial charge is 1.00 e. The third-order valence-electron chi connectivity index (χ3n) is 6.24. The molecule has 1 heterocycles. The number of amides is 1. The monoisotopic (exact) mass is 551 g/mol. The number of carbonyl (C=O) groups is 2. The fourth-order valence-electron chi connectivity index (χ4n) is 4.44. The van der Waals surface area contributed by atoms with Gasteiger partial charge >= 0.3 is 35.5 Å². The molecule has 3 atom stereocenters. The third kappa shape index (κ3) is 8.96. The van der Waals surface area contributed by atoms with Gasteiger partial charge in [-0.25, -0.2) is 9.07 Å². The van der Waals surface area contributed by atoms with Gasteiger partial charge in [0.15, 0.2) is 5.69 Å². The number of carbonyl (C=O) groups excluding carboxylic acids is 1. The van der Waals surface area contributed by atoms with Crippen LogP contribution in [0.4, 0.5) is 4.39 Å². The summed E-state index contributed by atoms with van der Waals surface area (Å²) in [6.45, 7) is 3.49. The van der Waals surface area contributed by atoms with Gasteiger partial charge in [0.25, 0.3) is 5.91 Å². The number of hydrogen-bond acceptors (Lipinski definition) is 6. The minimum absolute atomic E-state index is 0. The number of halogens is 1. The smallest absolute Gasteiger partial charge is 1.00 e. The van der Waals surface area contributed by atoms with Crippen molar-refractivity contribution < 1.29 is 65.4 Å². The van der Waals surface area contributed by atoms with Crippen molar-refractivity contribution >= 4 is 11.9 Å². The van der Waals surface area contributed by atoms with Crippen LogP contribution in [0.25, 0.3) is 5.69 Å². The van der Waals surface area contributed by atoms with Crippen LogP contribution < -0.4 is 34.9 Å². The molecule has 0 saturated heterocycles. The van der Waals surface area contributed by atoms with Gasteiger partial charge in [-0.2, -0.15) is 5.10 Å². The predicted molar refractivity (Wildman–Crippen MR) is 140 cm³/mol. The molecule has 0 saturated carbocycles. The molecule has 0 spiro atoms. The number of aromatic nitrogens is 2. The van der Waals surface area contributed by atoms with E-state index in [4.69, 9.17) is 5.11 Å². The molecule has 0 radical (unpaired) electrons. The molecule has 3 rings (SSSR count). The summed E-state index contributed by atoms with van der Waals surface area (Å²) in [5.74, 6) is -2.23. The summed E-state index contributed by atoms with van der Waals surface area (Å²) in [5, 5.41) is 46.6. The molecule has 2 aromatic carbocycles. The Morgan fingerprint density at radius 1 is 1.05 bits per heavy atom. The van der Waals surface area contributed by atoms with Crippen LogP contribution in [0.1, 0.15) is 73.8 Å². The predicted octanol–water partition coefficient (Wildman–Crippen LogP) is 0.234. The Bertz CT molecular complexity index is 1230. The average molecular weight is 552 g/mol. The van der Waals surface area contributed by atoms with E-state index in [0.29, 0.717) is 16.9 Å². The maximum Gasteiger partial charge on any atom is 1.00 e. The number of carboxylic acid groups (broad SMARTS) is 1. The molecule has 1 amide bonds. The first-order valence-corrected chi connectivity index (χ1v) is 12.5. The topological polar surface area (TPSA) is 145 Å². The van der Waals surface area contributed by atoms with Crippen molar-refractivity contribution in [2.24, 2.45) is 0 Å². The second-order valence-corrected chi connectivity index (χ2v) is 9.55. The van der Waals surface area contributed by atoms with Crippen LogP contribution in [0.15, 0.2) is 54.6 Å². The summed E-state index contributed by atoms with van der Waals surface area (Å²) in [4.78, 5) is 24.3. The van der Waals surface area contributed by atoms with Crippen molar-refractivity contribution in [2.45, 2.75) is 63.7 Å². The van der Waals surface area contributed by atoms with Gasteiger partial charge in [0.1, 0.15) is 5.82 Å². The van der Waals surface area contributed by atoms with Crippen molar-refractivity contribution in [3.63, 3.8) is 0 Å². The van der Waals surface area contributed by atoms with E-state index in [1.54, 1.807) is 16.8 Å². The zero-order chi connectivity index (χ0) is 27.8. The Morgan fingerprint density at radius 2 is 1.69 bits per heavy atom. The average Bonchev–Trinajstić information content (AvgIpc) is 3.26. The first-order chi connectivity index (χ1) is 18.1. The second-order valence-electron chi connectivity index (χ2n) is 9.55. The SMILES string of the molecule is CC(C)c1c(C(=O)NC(CO)c2ccccc2)nn(-c2ccc(F)cc2)c1CC[C@@H](O)C[C@@H](O)CC(=O)O.[H-].[Na+]. The van der Waals surface area contributed by atoms with Gasteiger partial charge in [0.05, 0.1) is 37.0 Å². The molecule has 206 valence electrons.